The third-order valence-electron chi connectivity index (χ3n) is 12.3. The van der Waals surface area contributed by atoms with Gasteiger partial charge in [0.1, 0.15) is 12.0 Å². The van der Waals surface area contributed by atoms with Crippen molar-refractivity contribution in [2.24, 2.45) is 38.9 Å². The first-order valence-corrected chi connectivity index (χ1v) is 13.8. The van der Waals surface area contributed by atoms with Gasteiger partial charge in [-0.1, -0.05) is 38.5 Å². The Hall–Kier alpha value is -1.70. The number of aliphatic hydroxyl groups excluding tert-OH is 2. The van der Waals surface area contributed by atoms with Gasteiger partial charge in [-0.05, 0) is 81.5 Å². The predicted octanol–water partition coefficient (Wildman–Crippen LogP) is 3.70. The molecule has 206 valence electrons. The molecule has 37 heavy (non-hydrogen) atoms. The average Bonchev–Trinajstić information content (AvgIpc) is 3.00. The van der Waals surface area contributed by atoms with Crippen LogP contribution in [0, 0.1) is 38.9 Å². The van der Waals surface area contributed by atoms with Crippen LogP contribution in [0.2, 0.25) is 0 Å². The Balaban J connectivity index is 1.73. The van der Waals surface area contributed by atoms with Gasteiger partial charge in [0.25, 0.3) is 0 Å². The van der Waals surface area contributed by atoms with Crippen molar-refractivity contribution in [2.45, 2.75) is 97.4 Å². The molecule has 0 unspecified atom stereocenters. The van der Waals surface area contributed by atoms with Gasteiger partial charge in [-0.3, -0.25) is 4.79 Å². The highest BCUT2D eigenvalue weighted by molar-refractivity contribution is 5.82. The number of ether oxygens (including phenoxy) is 2. The van der Waals surface area contributed by atoms with Crippen LogP contribution in [-0.2, 0) is 19.1 Å². The molecule has 0 saturated heterocycles. The minimum Gasteiger partial charge on any atom is -0.468 e. The molecule has 0 aromatic heterocycles. The van der Waals surface area contributed by atoms with E-state index in [9.17, 15) is 24.9 Å². The first-order chi connectivity index (χ1) is 17.2. The van der Waals surface area contributed by atoms with Gasteiger partial charge >= 0.3 is 11.9 Å². The number of rotatable bonds is 2. The number of allylic oxidation sites excluding steroid dienone is 2. The van der Waals surface area contributed by atoms with Crippen LogP contribution in [0.4, 0.5) is 0 Å². The number of carbonyl (C=O) groups is 2. The van der Waals surface area contributed by atoms with Crippen LogP contribution in [0.25, 0.3) is 0 Å². The zero-order chi connectivity index (χ0) is 27.2. The second-order valence-electron chi connectivity index (χ2n) is 13.8. The Labute approximate surface area is 220 Å². The van der Waals surface area contributed by atoms with Gasteiger partial charge in [-0.2, -0.15) is 0 Å². The highest BCUT2D eigenvalue weighted by Crippen LogP contribution is 2.78. The molecule has 1 aliphatic heterocycles. The maximum absolute atomic E-state index is 14.1. The van der Waals surface area contributed by atoms with E-state index in [0.29, 0.717) is 32.1 Å². The number of hydrogen-bond donors (Lipinski definition) is 3. The molecule has 0 radical (unpaired) electrons. The molecule has 10 atom stereocenters. The number of methoxy groups -OCH3 is 1. The second-order valence-corrected chi connectivity index (χ2v) is 13.8. The van der Waals surface area contributed by atoms with Crippen molar-refractivity contribution < 1.29 is 34.4 Å². The van der Waals surface area contributed by atoms with Crippen molar-refractivity contribution in [3.63, 3.8) is 0 Å². The van der Waals surface area contributed by atoms with E-state index in [-0.39, 0.29) is 24.9 Å². The van der Waals surface area contributed by atoms with E-state index < -0.39 is 56.8 Å². The quantitative estimate of drug-likeness (QED) is 0.379. The molecular weight excluding hydrogens is 472 g/mol. The molecule has 4 aliphatic carbocycles. The topological polar surface area (TPSA) is 113 Å². The smallest absolute Gasteiger partial charge is 0.330 e. The Kier molecular flexibility index (Phi) is 5.93. The normalized spacial score (nSPS) is 51.8. The lowest BCUT2D eigenvalue weighted by molar-refractivity contribution is -0.318. The van der Waals surface area contributed by atoms with E-state index >= 15 is 0 Å². The van der Waals surface area contributed by atoms with Gasteiger partial charge in [0.2, 0.25) is 0 Å². The SMILES string of the molecule is COC(=O)[C@]12CC[C@@]3(C)[C@@H]4C=CC(=O)OC[C@]4([C@@H](C)O)C[C@@H](O)[C@@H]3[C@@]1(C)CC[C@@]1(C)CC=C(C)C[C@]12O. The van der Waals surface area contributed by atoms with Gasteiger partial charge in [0.05, 0.1) is 24.9 Å². The van der Waals surface area contributed by atoms with Gasteiger partial charge in [0, 0.05) is 16.9 Å². The maximum Gasteiger partial charge on any atom is 0.330 e. The molecule has 0 amide bonds. The van der Waals surface area contributed by atoms with Crippen molar-refractivity contribution in [1.82, 2.24) is 0 Å². The largest absolute Gasteiger partial charge is 0.468 e. The summed E-state index contributed by atoms with van der Waals surface area (Å²) in [4.78, 5) is 26.4. The molecule has 0 spiro atoms. The van der Waals surface area contributed by atoms with Crippen LogP contribution >= 0.6 is 0 Å². The second kappa shape index (κ2) is 8.15. The standard InChI is InChI=1S/C30H44O7/c1-18-9-10-25(3)11-13-27(5)23-20(32)16-28(19(2)31)17-37-22(33)8-7-21(28)26(23,4)12-14-29(27,24(34)36-6)30(25,35)15-18/h7-9,19-21,23,31-32,35H,10-17H2,1-6H3/t19-,20-,21+,23+,25-,26+,27-,28+,29-,30+/m1/s1. The summed E-state index contributed by atoms with van der Waals surface area (Å²) in [5.41, 5.74) is -4.09. The summed E-state index contributed by atoms with van der Waals surface area (Å²) in [5, 5.41) is 35.9. The minimum absolute atomic E-state index is 0.0331. The molecule has 7 nitrogen and oxygen atoms in total. The van der Waals surface area contributed by atoms with Crippen LogP contribution in [-0.4, -0.2) is 58.8 Å². The number of fused-ring (bicyclic) bond motifs is 7. The third kappa shape index (κ3) is 3.05. The predicted molar refractivity (Wildman–Crippen MR) is 137 cm³/mol. The summed E-state index contributed by atoms with van der Waals surface area (Å²) in [6.07, 6.45) is 7.54. The maximum atomic E-state index is 14.1. The number of hydrogen-bond acceptors (Lipinski definition) is 7. The van der Waals surface area contributed by atoms with E-state index in [1.54, 1.807) is 6.92 Å². The molecule has 3 N–H and O–H groups in total. The van der Waals surface area contributed by atoms with Crippen LogP contribution < -0.4 is 0 Å². The molecule has 3 saturated carbocycles. The lowest BCUT2D eigenvalue weighted by Crippen LogP contribution is -2.78. The number of carbonyl (C=O) groups excluding carboxylic acids is 2. The van der Waals surface area contributed by atoms with E-state index in [1.165, 1.54) is 13.2 Å². The van der Waals surface area contributed by atoms with Crippen molar-refractivity contribution >= 4 is 11.9 Å². The molecule has 0 bridgehead atoms. The Morgan fingerprint density at radius 1 is 1.19 bits per heavy atom. The van der Waals surface area contributed by atoms with Gasteiger partial charge in [-0.25, -0.2) is 4.79 Å². The fourth-order valence-electron chi connectivity index (χ4n) is 10.4. The highest BCUT2D eigenvalue weighted by atomic mass is 16.5. The Bertz CT molecular complexity index is 1060. The summed E-state index contributed by atoms with van der Waals surface area (Å²) in [7, 11) is 1.40. The van der Waals surface area contributed by atoms with Crippen LogP contribution in [0.5, 0.6) is 0 Å². The van der Waals surface area contributed by atoms with E-state index in [1.807, 2.05) is 13.0 Å². The van der Waals surface area contributed by atoms with Gasteiger partial charge in [-0.15, -0.1) is 0 Å². The Morgan fingerprint density at radius 3 is 2.54 bits per heavy atom. The minimum atomic E-state index is -1.32. The van der Waals surface area contributed by atoms with Crippen molar-refractivity contribution in [3.05, 3.63) is 23.8 Å². The summed E-state index contributed by atoms with van der Waals surface area (Å²) in [6.45, 7) is 10.1. The summed E-state index contributed by atoms with van der Waals surface area (Å²) in [5.74, 6) is -1.44. The molecule has 5 aliphatic rings. The number of esters is 2. The van der Waals surface area contributed by atoms with E-state index in [2.05, 4.69) is 26.8 Å². The summed E-state index contributed by atoms with van der Waals surface area (Å²) < 4.78 is 11.0. The van der Waals surface area contributed by atoms with E-state index in [4.69, 9.17) is 9.47 Å². The lowest BCUT2D eigenvalue weighted by Gasteiger charge is -2.75. The van der Waals surface area contributed by atoms with Crippen LogP contribution in [0.1, 0.15) is 79.6 Å². The van der Waals surface area contributed by atoms with Gasteiger partial charge < -0.3 is 24.8 Å². The fraction of sp³-hybridized carbons (Fsp3) is 0.800. The highest BCUT2D eigenvalue weighted by Gasteiger charge is 2.80. The van der Waals surface area contributed by atoms with E-state index in [0.717, 1.165) is 12.0 Å². The van der Waals surface area contributed by atoms with Crippen LogP contribution in [0.3, 0.4) is 0 Å². The van der Waals surface area contributed by atoms with Crippen LogP contribution in [0.15, 0.2) is 23.8 Å². The first-order valence-electron chi connectivity index (χ1n) is 13.8. The molecule has 0 aromatic rings. The van der Waals surface area contributed by atoms with Crippen molar-refractivity contribution in [2.75, 3.05) is 13.7 Å². The molecule has 0 aromatic carbocycles. The average molecular weight is 517 g/mol. The Morgan fingerprint density at radius 2 is 1.89 bits per heavy atom. The monoisotopic (exact) mass is 516 g/mol. The third-order valence-corrected chi connectivity index (χ3v) is 12.3. The molecule has 5 rings (SSSR count). The number of aliphatic hydroxyl groups is 3. The lowest BCUT2D eigenvalue weighted by atomic mass is 9.29. The summed E-state index contributed by atoms with van der Waals surface area (Å²) in [6, 6.07) is 0. The zero-order valence-corrected chi connectivity index (χ0v) is 23.2. The molecule has 7 heteroatoms. The zero-order valence-electron chi connectivity index (χ0n) is 23.2. The first kappa shape index (κ1) is 26.9. The summed E-state index contributed by atoms with van der Waals surface area (Å²) >= 11 is 0. The molecular formula is C30H44O7. The van der Waals surface area contributed by atoms with Gasteiger partial charge in [0.15, 0.2) is 0 Å². The molecule has 3 fully saturated rings. The van der Waals surface area contributed by atoms with Crippen molar-refractivity contribution in [1.29, 1.82) is 0 Å². The molecule has 1 heterocycles. The number of cyclic esters (lactones) is 1. The fourth-order valence-corrected chi connectivity index (χ4v) is 10.4. The van der Waals surface area contributed by atoms with Crippen molar-refractivity contribution in [3.8, 4) is 0 Å².